The van der Waals surface area contributed by atoms with Crippen molar-refractivity contribution in [2.24, 2.45) is 5.73 Å². The molecular formula is C16H20ClN3O4S. The molecule has 0 aliphatic rings. The highest BCUT2D eigenvalue weighted by Gasteiger charge is 2.22. The molecule has 0 aliphatic carbocycles. The molecule has 25 heavy (non-hydrogen) atoms. The molecule has 0 amide bonds. The molecule has 0 unspecified atom stereocenters. The fourth-order valence-corrected chi connectivity index (χ4v) is 3.79. The van der Waals surface area contributed by atoms with Crippen LogP contribution in [0.1, 0.15) is 11.1 Å². The lowest BCUT2D eigenvalue weighted by Gasteiger charge is -2.21. The van der Waals surface area contributed by atoms with E-state index in [-0.39, 0.29) is 43.5 Å². The maximum atomic E-state index is 12.6. The summed E-state index contributed by atoms with van der Waals surface area (Å²) in [5.41, 5.74) is 6.84. The Kier molecular flexibility index (Phi) is 7.98. The number of nitro groups is 1. The summed E-state index contributed by atoms with van der Waals surface area (Å²) in [5, 5.41) is 10.7. The van der Waals surface area contributed by atoms with Crippen LogP contribution < -0.4 is 5.73 Å². The van der Waals surface area contributed by atoms with Crippen LogP contribution in [0.25, 0.3) is 0 Å². The molecule has 2 rings (SSSR count). The molecule has 0 spiro atoms. The zero-order valence-electron chi connectivity index (χ0n) is 13.4. The van der Waals surface area contributed by atoms with Crippen molar-refractivity contribution >= 4 is 28.1 Å². The Balaban J connectivity index is 0.00000312. The van der Waals surface area contributed by atoms with Crippen LogP contribution in [0.2, 0.25) is 0 Å². The van der Waals surface area contributed by atoms with E-state index in [1.807, 2.05) is 30.3 Å². The Morgan fingerprint density at radius 3 is 2.12 bits per heavy atom. The van der Waals surface area contributed by atoms with Gasteiger partial charge in [0.25, 0.3) is 5.69 Å². The average Bonchev–Trinajstić information content (AvgIpc) is 2.55. The summed E-state index contributed by atoms with van der Waals surface area (Å²) in [6.45, 7) is 0.671. The van der Waals surface area contributed by atoms with Crippen LogP contribution in [-0.2, 0) is 22.3 Å². The number of halogens is 1. The van der Waals surface area contributed by atoms with Gasteiger partial charge in [0.2, 0.25) is 10.0 Å². The SMILES string of the molecule is Cl.NCCN(Cc1ccccc1)S(=O)(=O)Cc1ccc([N+](=O)[O-])cc1. The Labute approximate surface area is 153 Å². The molecular weight excluding hydrogens is 366 g/mol. The number of nitrogens with zero attached hydrogens (tertiary/aromatic N) is 2. The maximum absolute atomic E-state index is 12.6. The fourth-order valence-electron chi connectivity index (χ4n) is 2.26. The summed E-state index contributed by atoms with van der Waals surface area (Å²) in [4.78, 5) is 10.1. The number of hydrogen-bond acceptors (Lipinski definition) is 5. The van der Waals surface area contributed by atoms with Crippen LogP contribution >= 0.6 is 12.4 Å². The number of sulfonamides is 1. The van der Waals surface area contributed by atoms with Gasteiger partial charge in [-0.1, -0.05) is 42.5 Å². The van der Waals surface area contributed by atoms with E-state index in [1.165, 1.54) is 28.6 Å². The number of nitrogens with two attached hydrogens (primary N) is 1. The third kappa shape index (κ3) is 6.09. The third-order valence-corrected chi connectivity index (χ3v) is 5.27. The maximum Gasteiger partial charge on any atom is 0.269 e. The van der Waals surface area contributed by atoms with Crippen molar-refractivity contribution in [3.05, 3.63) is 75.8 Å². The molecule has 2 N–H and O–H groups in total. The smallest absolute Gasteiger partial charge is 0.269 e. The minimum absolute atomic E-state index is 0. The van der Waals surface area contributed by atoms with Crippen LogP contribution in [-0.4, -0.2) is 30.7 Å². The lowest BCUT2D eigenvalue weighted by atomic mass is 10.2. The minimum atomic E-state index is -3.59. The van der Waals surface area contributed by atoms with Crippen LogP contribution in [0.4, 0.5) is 5.69 Å². The monoisotopic (exact) mass is 385 g/mol. The molecule has 7 nitrogen and oxygen atoms in total. The molecule has 2 aromatic carbocycles. The third-order valence-electron chi connectivity index (χ3n) is 3.47. The molecule has 0 saturated heterocycles. The highest BCUT2D eigenvalue weighted by atomic mass is 35.5. The van der Waals surface area contributed by atoms with Gasteiger partial charge in [-0.15, -0.1) is 12.4 Å². The van der Waals surface area contributed by atoms with Crippen molar-refractivity contribution in [3.63, 3.8) is 0 Å². The van der Waals surface area contributed by atoms with E-state index in [1.54, 1.807) is 0 Å². The van der Waals surface area contributed by atoms with Gasteiger partial charge in [0, 0.05) is 31.8 Å². The van der Waals surface area contributed by atoms with E-state index < -0.39 is 14.9 Å². The van der Waals surface area contributed by atoms with Crippen LogP contribution in [0.3, 0.4) is 0 Å². The highest BCUT2D eigenvalue weighted by Crippen LogP contribution is 2.17. The van der Waals surface area contributed by atoms with Gasteiger partial charge in [-0.3, -0.25) is 10.1 Å². The van der Waals surface area contributed by atoms with E-state index in [9.17, 15) is 18.5 Å². The number of hydrogen-bond donors (Lipinski definition) is 1. The van der Waals surface area contributed by atoms with Gasteiger partial charge in [0.1, 0.15) is 0 Å². The molecule has 0 aromatic heterocycles. The first-order valence-corrected chi connectivity index (χ1v) is 8.98. The standard InChI is InChI=1S/C16H19N3O4S.ClH/c17-10-11-18(12-14-4-2-1-3-5-14)24(22,23)13-15-6-8-16(9-7-15)19(20)21;/h1-9H,10-13,17H2;1H. The summed E-state index contributed by atoms with van der Waals surface area (Å²) in [6, 6.07) is 14.8. The molecule has 136 valence electrons. The molecule has 0 heterocycles. The predicted octanol–water partition coefficient (Wildman–Crippen LogP) is 2.31. The highest BCUT2D eigenvalue weighted by molar-refractivity contribution is 7.88. The zero-order chi connectivity index (χ0) is 17.6. The first-order valence-electron chi connectivity index (χ1n) is 7.37. The van der Waals surface area contributed by atoms with Crippen LogP contribution in [0.15, 0.2) is 54.6 Å². The van der Waals surface area contributed by atoms with Gasteiger partial charge < -0.3 is 5.73 Å². The molecule has 0 aliphatic heterocycles. The normalized spacial score (nSPS) is 11.1. The quantitative estimate of drug-likeness (QED) is 0.554. The number of rotatable bonds is 8. The first-order chi connectivity index (χ1) is 11.4. The van der Waals surface area contributed by atoms with Crippen LogP contribution in [0, 0.1) is 10.1 Å². The second-order valence-corrected chi connectivity index (χ2v) is 7.26. The Morgan fingerprint density at radius 1 is 1.00 bits per heavy atom. The van der Waals surface area contributed by atoms with Crippen molar-refractivity contribution in [2.75, 3.05) is 13.1 Å². The van der Waals surface area contributed by atoms with Gasteiger partial charge in [0.05, 0.1) is 10.7 Å². The van der Waals surface area contributed by atoms with E-state index in [4.69, 9.17) is 5.73 Å². The van der Waals surface area contributed by atoms with Gasteiger partial charge >= 0.3 is 0 Å². The fraction of sp³-hybridized carbons (Fsp3) is 0.250. The second kappa shape index (κ2) is 9.47. The predicted molar refractivity (Wildman–Crippen MR) is 98.9 cm³/mol. The topological polar surface area (TPSA) is 107 Å². The summed E-state index contributed by atoms with van der Waals surface area (Å²) >= 11 is 0. The summed E-state index contributed by atoms with van der Waals surface area (Å²) in [6.07, 6.45) is 0. The van der Waals surface area contributed by atoms with Gasteiger partial charge in [-0.05, 0) is 11.1 Å². The summed E-state index contributed by atoms with van der Waals surface area (Å²) in [7, 11) is -3.59. The largest absolute Gasteiger partial charge is 0.329 e. The molecule has 0 radical (unpaired) electrons. The second-order valence-electron chi connectivity index (χ2n) is 5.29. The zero-order valence-corrected chi connectivity index (χ0v) is 15.1. The lowest BCUT2D eigenvalue weighted by Crippen LogP contribution is -2.35. The molecule has 0 saturated carbocycles. The molecule has 0 fully saturated rings. The average molecular weight is 386 g/mol. The van der Waals surface area contributed by atoms with E-state index in [2.05, 4.69) is 0 Å². The van der Waals surface area contributed by atoms with Crippen molar-refractivity contribution < 1.29 is 13.3 Å². The summed E-state index contributed by atoms with van der Waals surface area (Å²) in [5.74, 6) is -0.224. The molecule has 0 atom stereocenters. The number of nitro benzene ring substituents is 1. The Hall–Kier alpha value is -2.00. The van der Waals surface area contributed by atoms with Crippen molar-refractivity contribution in [2.45, 2.75) is 12.3 Å². The van der Waals surface area contributed by atoms with Crippen molar-refractivity contribution in [1.82, 2.24) is 4.31 Å². The van der Waals surface area contributed by atoms with E-state index in [0.29, 0.717) is 5.56 Å². The minimum Gasteiger partial charge on any atom is -0.329 e. The van der Waals surface area contributed by atoms with Crippen LogP contribution in [0.5, 0.6) is 0 Å². The molecule has 2 aromatic rings. The number of benzene rings is 2. The van der Waals surface area contributed by atoms with Gasteiger partial charge in [0.15, 0.2) is 0 Å². The van der Waals surface area contributed by atoms with Crippen molar-refractivity contribution in [3.8, 4) is 0 Å². The molecule has 0 bridgehead atoms. The Morgan fingerprint density at radius 2 is 1.60 bits per heavy atom. The van der Waals surface area contributed by atoms with E-state index in [0.717, 1.165) is 5.56 Å². The van der Waals surface area contributed by atoms with E-state index >= 15 is 0 Å². The Bertz CT molecular complexity index is 783. The van der Waals surface area contributed by atoms with Gasteiger partial charge in [-0.25, -0.2) is 8.42 Å². The first kappa shape index (κ1) is 21.0. The number of non-ortho nitro benzene ring substituents is 1. The summed E-state index contributed by atoms with van der Waals surface area (Å²) < 4.78 is 26.6. The lowest BCUT2D eigenvalue weighted by molar-refractivity contribution is -0.384. The van der Waals surface area contributed by atoms with Crippen molar-refractivity contribution in [1.29, 1.82) is 0 Å². The van der Waals surface area contributed by atoms with Gasteiger partial charge in [-0.2, -0.15) is 4.31 Å². The molecule has 9 heteroatoms.